The Balaban J connectivity index is 2.32. The Morgan fingerprint density at radius 1 is 1.64 bits per heavy atom. The maximum atomic E-state index is 9.17. The number of hydrogen-bond donors (Lipinski definition) is 2. The SMILES string of the molecule is CNC(C#N)(CSCCCO)C1CC1. The zero-order chi connectivity index (χ0) is 10.4. The van der Waals surface area contributed by atoms with E-state index in [1.54, 1.807) is 11.8 Å². The van der Waals surface area contributed by atoms with Crippen LogP contribution >= 0.6 is 11.8 Å². The first-order chi connectivity index (χ1) is 6.79. The van der Waals surface area contributed by atoms with Gasteiger partial charge in [0.15, 0.2) is 0 Å². The molecule has 1 fully saturated rings. The van der Waals surface area contributed by atoms with Gasteiger partial charge in [0.1, 0.15) is 5.54 Å². The quantitative estimate of drug-likeness (QED) is 0.621. The number of nitriles is 1. The zero-order valence-electron chi connectivity index (χ0n) is 8.62. The molecule has 1 aliphatic rings. The summed E-state index contributed by atoms with van der Waals surface area (Å²) in [5, 5.41) is 21.0. The van der Waals surface area contributed by atoms with Crippen molar-refractivity contribution in [1.29, 1.82) is 5.26 Å². The topological polar surface area (TPSA) is 56.0 Å². The minimum absolute atomic E-state index is 0.246. The van der Waals surface area contributed by atoms with Crippen LogP contribution in [0.15, 0.2) is 0 Å². The molecule has 0 saturated heterocycles. The molecule has 80 valence electrons. The maximum Gasteiger partial charge on any atom is 0.118 e. The van der Waals surface area contributed by atoms with Crippen molar-refractivity contribution in [2.75, 3.05) is 25.2 Å². The predicted octanol–water partition coefficient (Wildman–Crippen LogP) is 0.994. The lowest BCUT2D eigenvalue weighted by Crippen LogP contribution is -2.46. The molecule has 0 heterocycles. The molecule has 1 atom stereocenters. The van der Waals surface area contributed by atoms with Crippen LogP contribution in [0, 0.1) is 17.2 Å². The Bertz CT molecular complexity index is 213. The van der Waals surface area contributed by atoms with Crippen molar-refractivity contribution in [3.05, 3.63) is 0 Å². The van der Waals surface area contributed by atoms with Crippen LogP contribution in [0.25, 0.3) is 0 Å². The summed E-state index contributed by atoms with van der Waals surface area (Å²) in [4.78, 5) is 0. The summed E-state index contributed by atoms with van der Waals surface area (Å²) >= 11 is 1.76. The molecule has 1 unspecified atom stereocenters. The van der Waals surface area contributed by atoms with E-state index in [-0.39, 0.29) is 12.1 Å². The van der Waals surface area contributed by atoms with Crippen molar-refractivity contribution in [1.82, 2.24) is 5.32 Å². The summed E-state index contributed by atoms with van der Waals surface area (Å²) in [6, 6.07) is 2.41. The van der Waals surface area contributed by atoms with Crippen LogP contribution in [0.4, 0.5) is 0 Å². The third-order valence-corrected chi connectivity index (χ3v) is 3.93. The Morgan fingerprint density at radius 2 is 2.36 bits per heavy atom. The van der Waals surface area contributed by atoms with Crippen molar-refractivity contribution in [3.8, 4) is 6.07 Å². The summed E-state index contributed by atoms with van der Waals surface area (Å²) in [6.45, 7) is 0.246. The van der Waals surface area contributed by atoms with Gasteiger partial charge in [0.2, 0.25) is 0 Å². The van der Waals surface area contributed by atoms with Gasteiger partial charge in [0, 0.05) is 12.4 Å². The molecule has 0 bridgehead atoms. The van der Waals surface area contributed by atoms with E-state index in [1.807, 2.05) is 7.05 Å². The number of rotatable bonds is 7. The van der Waals surface area contributed by atoms with Crippen LogP contribution in [-0.4, -0.2) is 35.8 Å². The maximum absolute atomic E-state index is 9.17. The largest absolute Gasteiger partial charge is 0.396 e. The van der Waals surface area contributed by atoms with E-state index >= 15 is 0 Å². The molecule has 1 saturated carbocycles. The van der Waals surface area contributed by atoms with E-state index in [9.17, 15) is 0 Å². The van der Waals surface area contributed by atoms with Crippen molar-refractivity contribution in [2.24, 2.45) is 5.92 Å². The van der Waals surface area contributed by atoms with E-state index in [2.05, 4.69) is 11.4 Å². The average Bonchev–Trinajstić information content (AvgIpc) is 3.03. The Hall–Kier alpha value is -0.240. The molecule has 4 heteroatoms. The smallest absolute Gasteiger partial charge is 0.118 e. The fourth-order valence-electron chi connectivity index (χ4n) is 1.55. The van der Waals surface area contributed by atoms with Crippen LogP contribution in [0.5, 0.6) is 0 Å². The van der Waals surface area contributed by atoms with Gasteiger partial charge in [-0.3, -0.25) is 0 Å². The minimum atomic E-state index is -0.319. The van der Waals surface area contributed by atoms with Crippen LogP contribution < -0.4 is 5.32 Å². The van der Waals surface area contributed by atoms with Crippen molar-refractivity contribution in [3.63, 3.8) is 0 Å². The normalized spacial score (nSPS) is 20.1. The number of thioether (sulfide) groups is 1. The third-order valence-electron chi connectivity index (χ3n) is 2.70. The van der Waals surface area contributed by atoms with Crippen LogP contribution in [0.2, 0.25) is 0 Å². The summed E-state index contributed by atoms with van der Waals surface area (Å²) in [5.74, 6) is 2.32. The van der Waals surface area contributed by atoms with E-state index in [0.717, 1.165) is 17.9 Å². The Labute approximate surface area is 89.9 Å². The fourth-order valence-corrected chi connectivity index (χ4v) is 2.79. The number of aliphatic hydroxyl groups excluding tert-OH is 1. The van der Waals surface area contributed by atoms with Crippen LogP contribution in [-0.2, 0) is 0 Å². The van der Waals surface area contributed by atoms with E-state index in [4.69, 9.17) is 10.4 Å². The second kappa shape index (κ2) is 5.59. The van der Waals surface area contributed by atoms with Gasteiger partial charge in [-0.25, -0.2) is 0 Å². The first-order valence-electron chi connectivity index (χ1n) is 5.08. The minimum Gasteiger partial charge on any atom is -0.396 e. The highest BCUT2D eigenvalue weighted by Crippen LogP contribution is 2.40. The number of hydrogen-bond acceptors (Lipinski definition) is 4. The van der Waals surface area contributed by atoms with Gasteiger partial charge in [-0.15, -0.1) is 0 Å². The van der Waals surface area contributed by atoms with Crippen LogP contribution in [0.3, 0.4) is 0 Å². The second-order valence-electron chi connectivity index (χ2n) is 3.74. The zero-order valence-corrected chi connectivity index (χ0v) is 9.44. The molecule has 14 heavy (non-hydrogen) atoms. The summed E-state index contributed by atoms with van der Waals surface area (Å²) in [6.07, 6.45) is 3.17. The van der Waals surface area contributed by atoms with Crippen molar-refractivity contribution < 1.29 is 5.11 Å². The predicted molar refractivity (Wildman–Crippen MR) is 59.2 cm³/mol. The number of nitrogens with one attached hydrogen (secondary N) is 1. The molecule has 1 rings (SSSR count). The van der Waals surface area contributed by atoms with Gasteiger partial charge in [0.25, 0.3) is 0 Å². The Kier molecular flexibility index (Phi) is 4.73. The fraction of sp³-hybridized carbons (Fsp3) is 0.900. The molecular weight excluding hydrogens is 196 g/mol. The second-order valence-corrected chi connectivity index (χ2v) is 4.84. The molecule has 1 aliphatic carbocycles. The molecule has 0 spiro atoms. The number of aliphatic hydroxyl groups is 1. The third kappa shape index (κ3) is 2.88. The summed E-state index contributed by atoms with van der Waals surface area (Å²) in [5.41, 5.74) is -0.319. The van der Waals surface area contributed by atoms with Crippen molar-refractivity contribution in [2.45, 2.75) is 24.8 Å². The van der Waals surface area contributed by atoms with Crippen LogP contribution in [0.1, 0.15) is 19.3 Å². The summed E-state index contributed by atoms with van der Waals surface area (Å²) in [7, 11) is 1.87. The highest BCUT2D eigenvalue weighted by Gasteiger charge is 2.44. The van der Waals surface area contributed by atoms with Gasteiger partial charge < -0.3 is 10.4 Å². The lowest BCUT2D eigenvalue weighted by Gasteiger charge is -2.25. The average molecular weight is 214 g/mol. The molecule has 0 radical (unpaired) electrons. The van der Waals surface area contributed by atoms with Gasteiger partial charge in [-0.2, -0.15) is 17.0 Å². The molecule has 0 aliphatic heterocycles. The number of nitrogens with zero attached hydrogens (tertiary/aromatic N) is 1. The monoisotopic (exact) mass is 214 g/mol. The van der Waals surface area contributed by atoms with Gasteiger partial charge >= 0.3 is 0 Å². The lowest BCUT2D eigenvalue weighted by atomic mass is 9.98. The summed E-state index contributed by atoms with van der Waals surface area (Å²) < 4.78 is 0. The standard InChI is InChI=1S/C10H18N2OS/c1-12-10(7-11,9-3-4-9)8-14-6-2-5-13/h9,12-13H,2-6,8H2,1H3. The molecule has 0 amide bonds. The van der Waals surface area contributed by atoms with E-state index in [0.29, 0.717) is 5.92 Å². The first-order valence-corrected chi connectivity index (χ1v) is 6.23. The van der Waals surface area contributed by atoms with Gasteiger partial charge in [-0.1, -0.05) is 0 Å². The highest BCUT2D eigenvalue weighted by atomic mass is 32.2. The molecular formula is C10H18N2OS. The highest BCUT2D eigenvalue weighted by molar-refractivity contribution is 7.99. The van der Waals surface area contributed by atoms with Gasteiger partial charge in [0.05, 0.1) is 6.07 Å². The molecule has 0 aromatic carbocycles. The lowest BCUT2D eigenvalue weighted by molar-refractivity contribution is 0.296. The van der Waals surface area contributed by atoms with Crippen molar-refractivity contribution >= 4 is 11.8 Å². The molecule has 2 N–H and O–H groups in total. The first kappa shape index (κ1) is 11.8. The Morgan fingerprint density at radius 3 is 2.79 bits per heavy atom. The molecule has 0 aromatic heterocycles. The van der Waals surface area contributed by atoms with E-state index < -0.39 is 0 Å². The van der Waals surface area contributed by atoms with E-state index in [1.165, 1.54) is 12.8 Å². The van der Waals surface area contributed by atoms with Gasteiger partial charge in [-0.05, 0) is 38.0 Å². The molecule has 3 nitrogen and oxygen atoms in total. The molecule has 0 aromatic rings.